The van der Waals surface area contributed by atoms with Crippen LogP contribution in [0.4, 0.5) is 0 Å². The average Bonchev–Trinajstić information content (AvgIpc) is 3.00. The first-order valence-electron chi connectivity index (χ1n) is 7.44. The Kier molecular flexibility index (Phi) is 4.04. The summed E-state index contributed by atoms with van der Waals surface area (Å²) >= 11 is 0. The van der Waals surface area contributed by atoms with E-state index in [0.717, 1.165) is 18.4 Å². The minimum atomic E-state index is -0.370. The van der Waals surface area contributed by atoms with E-state index >= 15 is 0 Å². The van der Waals surface area contributed by atoms with Gasteiger partial charge in [0.15, 0.2) is 5.69 Å². The monoisotopic (exact) mass is 297 g/mol. The summed E-state index contributed by atoms with van der Waals surface area (Å²) in [5.74, 6) is 0.0395. The third-order valence-electron chi connectivity index (χ3n) is 4.04. The fraction of sp³-hybridized carbons (Fsp3) is 0.353. The molecular weight excluding hydrogens is 278 g/mol. The van der Waals surface area contributed by atoms with Crippen LogP contribution in [0, 0.1) is 5.92 Å². The van der Waals surface area contributed by atoms with Crippen molar-refractivity contribution in [2.75, 3.05) is 6.61 Å². The van der Waals surface area contributed by atoms with Gasteiger partial charge in [0, 0.05) is 5.92 Å². The summed E-state index contributed by atoms with van der Waals surface area (Å²) in [5.41, 5.74) is 2.68. The molecule has 1 aliphatic carbocycles. The summed E-state index contributed by atoms with van der Waals surface area (Å²) in [4.78, 5) is 12.2. The van der Waals surface area contributed by atoms with Crippen molar-refractivity contribution in [2.24, 2.45) is 5.92 Å². The summed E-state index contributed by atoms with van der Waals surface area (Å²) in [5, 5.41) is 7.90. The van der Waals surface area contributed by atoms with Crippen LogP contribution in [-0.4, -0.2) is 27.6 Å². The van der Waals surface area contributed by atoms with E-state index in [9.17, 15) is 4.79 Å². The van der Waals surface area contributed by atoms with Gasteiger partial charge in [-0.1, -0.05) is 47.7 Å². The van der Waals surface area contributed by atoms with Crippen LogP contribution in [0.1, 0.15) is 41.9 Å². The highest BCUT2D eigenvalue weighted by Crippen LogP contribution is 2.31. The summed E-state index contributed by atoms with van der Waals surface area (Å²) in [6.07, 6.45) is 3.36. The van der Waals surface area contributed by atoms with E-state index in [2.05, 4.69) is 16.9 Å². The van der Waals surface area contributed by atoms with Crippen LogP contribution in [0.2, 0.25) is 0 Å². The molecule has 0 bridgehead atoms. The minimum absolute atomic E-state index is 0.0743. The maximum absolute atomic E-state index is 12.2. The van der Waals surface area contributed by atoms with Gasteiger partial charge in [0.1, 0.15) is 0 Å². The predicted octanol–water partition coefficient (Wildman–Crippen LogP) is 3.01. The highest BCUT2D eigenvalue weighted by molar-refractivity contribution is 5.87. The van der Waals surface area contributed by atoms with Crippen LogP contribution >= 0.6 is 0 Å². The fourth-order valence-corrected chi connectivity index (χ4v) is 2.69. The van der Waals surface area contributed by atoms with Gasteiger partial charge >= 0.3 is 5.97 Å². The Labute approximate surface area is 129 Å². The van der Waals surface area contributed by atoms with E-state index in [-0.39, 0.29) is 12.0 Å². The van der Waals surface area contributed by atoms with Gasteiger partial charge in [0.05, 0.1) is 18.8 Å². The van der Waals surface area contributed by atoms with E-state index < -0.39 is 0 Å². The molecule has 5 heteroatoms. The second-order valence-corrected chi connectivity index (χ2v) is 5.77. The molecule has 1 fully saturated rings. The van der Waals surface area contributed by atoms with E-state index in [0.29, 0.717) is 18.2 Å². The number of benzene rings is 1. The quantitative estimate of drug-likeness (QED) is 0.629. The smallest absolute Gasteiger partial charge is 0.358 e. The van der Waals surface area contributed by atoms with E-state index in [1.807, 2.05) is 37.3 Å². The zero-order valence-electron chi connectivity index (χ0n) is 12.6. The molecule has 0 saturated heterocycles. The van der Waals surface area contributed by atoms with Crippen molar-refractivity contribution >= 4 is 5.97 Å². The molecule has 1 saturated carbocycles. The minimum Gasteiger partial charge on any atom is -0.461 e. The van der Waals surface area contributed by atoms with Crippen molar-refractivity contribution in [1.29, 1.82) is 0 Å². The molecule has 1 aliphatic rings. The van der Waals surface area contributed by atoms with Gasteiger partial charge in [-0.2, -0.15) is 0 Å². The third-order valence-corrected chi connectivity index (χ3v) is 4.04. The third kappa shape index (κ3) is 2.93. The van der Waals surface area contributed by atoms with Gasteiger partial charge in [-0.25, -0.2) is 9.48 Å². The molecule has 114 valence electrons. The molecular formula is C17H19N3O2. The summed E-state index contributed by atoms with van der Waals surface area (Å²) in [7, 11) is 0. The van der Waals surface area contributed by atoms with Gasteiger partial charge in [-0.15, -0.1) is 5.10 Å². The Morgan fingerprint density at radius 3 is 2.82 bits per heavy atom. The number of ether oxygens (including phenoxy) is 1. The Morgan fingerprint density at radius 1 is 1.41 bits per heavy atom. The van der Waals surface area contributed by atoms with Gasteiger partial charge in [0.25, 0.3) is 0 Å². The predicted molar refractivity (Wildman–Crippen MR) is 82.4 cm³/mol. The Morgan fingerprint density at radius 2 is 2.14 bits per heavy atom. The average molecular weight is 297 g/mol. The molecule has 0 radical (unpaired) electrons. The Bertz CT molecular complexity index is 670. The Balaban J connectivity index is 1.68. The molecule has 1 heterocycles. The van der Waals surface area contributed by atoms with Gasteiger partial charge in [-0.3, -0.25) is 0 Å². The van der Waals surface area contributed by atoms with E-state index in [4.69, 9.17) is 4.74 Å². The number of rotatable bonds is 5. The molecule has 0 spiro atoms. The van der Waals surface area contributed by atoms with Crippen molar-refractivity contribution in [3.05, 3.63) is 59.9 Å². The van der Waals surface area contributed by atoms with Gasteiger partial charge in [0.2, 0.25) is 0 Å². The summed E-state index contributed by atoms with van der Waals surface area (Å²) in [6, 6.07) is 9.81. The molecule has 2 aromatic rings. The fourth-order valence-electron chi connectivity index (χ4n) is 2.69. The highest BCUT2D eigenvalue weighted by atomic mass is 16.5. The summed E-state index contributed by atoms with van der Waals surface area (Å²) < 4.78 is 6.99. The van der Waals surface area contributed by atoms with E-state index in [1.54, 1.807) is 4.68 Å². The molecule has 1 atom stereocenters. The molecule has 0 unspecified atom stereocenters. The van der Waals surface area contributed by atoms with Crippen molar-refractivity contribution in [3.63, 3.8) is 0 Å². The largest absolute Gasteiger partial charge is 0.461 e. The zero-order chi connectivity index (χ0) is 15.5. The summed E-state index contributed by atoms with van der Waals surface area (Å²) in [6.45, 7) is 6.31. The molecule has 22 heavy (non-hydrogen) atoms. The first kappa shape index (κ1) is 14.5. The highest BCUT2D eigenvalue weighted by Gasteiger charge is 2.25. The van der Waals surface area contributed by atoms with E-state index in [1.165, 1.54) is 11.8 Å². The van der Waals surface area contributed by atoms with Gasteiger partial charge in [-0.05, 0) is 25.3 Å². The van der Waals surface area contributed by atoms with Crippen LogP contribution in [-0.2, 0) is 4.74 Å². The zero-order valence-corrected chi connectivity index (χ0v) is 12.6. The van der Waals surface area contributed by atoms with Crippen molar-refractivity contribution < 1.29 is 9.53 Å². The van der Waals surface area contributed by atoms with Crippen LogP contribution in [0.5, 0.6) is 0 Å². The molecule has 3 rings (SSSR count). The standard InChI is InChI=1S/C17H19N3O2/c1-12-8-14(9-12)11-22-17(21)16-10-18-19-20(16)13(2)15-6-4-3-5-7-15/h3-7,10,13-14H,1,8-9,11H2,2H3/t13-/m1/s1. The number of aromatic nitrogens is 3. The van der Waals surface area contributed by atoms with Crippen LogP contribution in [0.3, 0.4) is 0 Å². The van der Waals surface area contributed by atoms with Crippen molar-refractivity contribution in [1.82, 2.24) is 15.0 Å². The molecule has 0 N–H and O–H groups in total. The number of hydrogen-bond acceptors (Lipinski definition) is 4. The number of allylic oxidation sites excluding steroid dienone is 1. The molecule has 1 aromatic heterocycles. The van der Waals surface area contributed by atoms with Crippen molar-refractivity contribution in [2.45, 2.75) is 25.8 Å². The first-order chi connectivity index (χ1) is 10.6. The normalized spacial score (nSPS) is 16.1. The lowest BCUT2D eigenvalue weighted by Gasteiger charge is -2.27. The van der Waals surface area contributed by atoms with Crippen LogP contribution in [0.25, 0.3) is 0 Å². The van der Waals surface area contributed by atoms with Crippen molar-refractivity contribution in [3.8, 4) is 0 Å². The molecule has 5 nitrogen and oxygen atoms in total. The second kappa shape index (κ2) is 6.13. The number of nitrogens with zero attached hydrogens (tertiary/aromatic N) is 3. The number of carbonyl (C=O) groups excluding carboxylic acids is 1. The lowest BCUT2D eigenvalue weighted by Crippen LogP contribution is -2.24. The first-order valence-corrected chi connectivity index (χ1v) is 7.44. The second-order valence-electron chi connectivity index (χ2n) is 5.77. The molecule has 0 aliphatic heterocycles. The lowest BCUT2D eigenvalue weighted by atomic mass is 9.82. The SMILES string of the molecule is C=C1CC(COC(=O)c2cnnn2[C@H](C)c2ccccc2)C1. The maximum Gasteiger partial charge on any atom is 0.358 e. The number of hydrogen-bond donors (Lipinski definition) is 0. The topological polar surface area (TPSA) is 57.0 Å². The van der Waals surface area contributed by atoms with Crippen LogP contribution in [0.15, 0.2) is 48.7 Å². The van der Waals surface area contributed by atoms with Crippen LogP contribution < -0.4 is 0 Å². The number of esters is 1. The molecule has 0 amide bonds. The molecule has 1 aromatic carbocycles. The Hall–Kier alpha value is -2.43. The number of carbonyl (C=O) groups is 1. The lowest BCUT2D eigenvalue weighted by molar-refractivity contribution is 0.0395. The maximum atomic E-state index is 12.2. The van der Waals surface area contributed by atoms with Gasteiger partial charge < -0.3 is 4.74 Å².